The van der Waals surface area contributed by atoms with Crippen molar-refractivity contribution >= 4 is 5.91 Å². The van der Waals surface area contributed by atoms with Crippen LogP contribution in [0.4, 0.5) is 0 Å². The van der Waals surface area contributed by atoms with Gasteiger partial charge in [0.05, 0.1) is 19.9 Å². The van der Waals surface area contributed by atoms with Gasteiger partial charge in [-0.25, -0.2) is 0 Å². The molecule has 0 saturated heterocycles. The lowest BCUT2D eigenvalue weighted by atomic mass is 10.1. The molecule has 4 aromatic rings. The van der Waals surface area contributed by atoms with Gasteiger partial charge in [0.25, 0.3) is 5.91 Å². The number of hydrogen-bond acceptors (Lipinski definition) is 6. The van der Waals surface area contributed by atoms with E-state index in [-0.39, 0.29) is 5.91 Å². The Morgan fingerprint density at radius 3 is 2.68 bits per heavy atom. The zero-order valence-corrected chi connectivity index (χ0v) is 17.4. The summed E-state index contributed by atoms with van der Waals surface area (Å²) < 4.78 is 16.1. The predicted molar refractivity (Wildman–Crippen MR) is 115 cm³/mol. The van der Waals surface area contributed by atoms with Gasteiger partial charge in [-0.3, -0.25) is 4.79 Å². The van der Waals surface area contributed by atoms with Crippen molar-refractivity contribution in [3.8, 4) is 17.1 Å². The molecule has 0 spiro atoms. The maximum absolute atomic E-state index is 13.1. The zero-order valence-electron chi connectivity index (χ0n) is 17.4. The van der Waals surface area contributed by atoms with Gasteiger partial charge in [-0.2, -0.15) is 4.98 Å². The van der Waals surface area contributed by atoms with Gasteiger partial charge in [-0.05, 0) is 43.3 Å². The van der Waals surface area contributed by atoms with E-state index in [1.165, 1.54) is 0 Å². The Hall–Kier alpha value is -3.87. The monoisotopic (exact) mass is 417 g/mol. The van der Waals surface area contributed by atoms with Crippen molar-refractivity contribution in [3.05, 3.63) is 89.7 Å². The minimum absolute atomic E-state index is 0.0797. The fourth-order valence-electron chi connectivity index (χ4n) is 3.19. The second kappa shape index (κ2) is 9.30. The summed E-state index contributed by atoms with van der Waals surface area (Å²) in [4.78, 5) is 19.3. The van der Waals surface area contributed by atoms with Gasteiger partial charge in [-0.1, -0.05) is 35.0 Å². The minimum atomic E-state index is -0.0797. The summed E-state index contributed by atoms with van der Waals surface area (Å²) in [5.41, 5.74) is 2.53. The molecular formula is C24H23N3O4. The molecule has 0 bridgehead atoms. The number of carbonyl (C=O) groups is 1. The topological polar surface area (TPSA) is 81.6 Å². The molecule has 0 atom stereocenters. The van der Waals surface area contributed by atoms with Crippen molar-refractivity contribution in [1.29, 1.82) is 0 Å². The molecule has 1 amide bonds. The first kappa shape index (κ1) is 20.4. The lowest BCUT2D eigenvalue weighted by Crippen LogP contribution is -2.32. The van der Waals surface area contributed by atoms with E-state index in [1.807, 2.05) is 67.6 Å². The van der Waals surface area contributed by atoms with Crippen molar-refractivity contribution in [1.82, 2.24) is 15.0 Å². The van der Waals surface area contributed by atoms with E-state index in [0.717, 1.165) is 16.9 Å². The standard InChI is InChI=1S/C24H23N3O4/c1-17-8-10-18(11-9-17)24(28)27(16-21-7-4-14-30-21)13-12-22-25-23(26-31-22)19-5-3-6-20(15-19)29-2/h3-11,14-15H,12-13,16H2,1-2H3. The summed E-state index contributed by atoms with van der Waals surface area (Å²) in [5.74, 6) is 2.29. The van der Waals surface area contributed by atoms with Crippen LogP contribution < -0.4 is 4.74 Å². The van der Waals surface area contributed by atoms with Crippen molar-refractivity contribution in [2.45, 2.75) is 19.9 Å². The first-order chi connectivity index (χ1) is 15.1. The highest BCUT2D eigenvalue weighted by Crippen LogP contribution is 2.21. The number of methoxy groups -OCH3 is 1. The van der Waals surface area contributed by atoms with Gasteiger partial charge in [-0.15, -0.1) is 0 Å². The van der Waals surface area contributed by atoms with Gasteiger partial charge in [0.2, 0.25) is 11.7 Å². The van der Waals surface area contributed by atoms with Crippen LogP contribution in [0.25, 0.3) is 11.4 Å². The van der Waals surface area contributed by atoms with Crippen LogP contribution in [0.2, 0.25) is 0 Å². The molecule has 0 unspecified atom stereocenters. The van der Waals surface area contributed by atoms with Gasteiger partial charge < -0.3 is 18.6 Å². The Balaban J connectivity index is 1.49. The van der Waals surface area contributed by atoms with E-state index in [1.54, 1.807) is 18.3 Å². The fourth-order valence-corrected chi connectivity index (χ4v) is 3.19. The SMILES string of the molecule is COc1cccc(-c2noc(CCN(Cc3ccco3)C(=O)c3ccc(C)cc3)n2)c1. The zero-order chi connectivity index (χ0) is 21.6. The molecule has 0 aliphatic rings. The smallest absolute Gasteiger partial charge is 0.254 e. The molecule has 4 rings (SSSR count). The fraction of sp³-hybridized carbons (Fsp3) is 0.208. The first-order valence-corrected chi connectivity index (χ1v) is 9.98. The van der Waals surface area contributed by atoms with E-state index >= 15 is 0 Å². The number of amides is 1. The van der Waals surface area contributed by atoms with E-state index in [4.69, 9.17) is 13.7 Å². The van der Waals surface area contributed by atoms with Crippen LogP contribution in [0, 0.1) is 6.92 Å². The number of hydrogen-bond donors (Lipinski definition) is 0. The Morgan fingerprint density at radius 2 is 1.94 bits per heavy atom. The average Bonchev–Trinajstić information content (AvgIpc) is 3.49. The molecule has 0 N–H and O–H groups in total. The third-order valence-electron chi connectivity index (χ3n) is 4.90. The first-order valence-electron chi connectivity index (χ1n) is 9.98. The number of aromatic nitrogens is 2. The van der Waals surface area contributed by atoms with Gasteiger partial charge in [0, 0.05) is 24.1 Å². The van der Waals surface area contributed by atoms with Crippen molar-refractivity contribution in [2.75, 3.05) is 13.7 Å². The highest BCUT2D eigenvalue weighted by atomic mass is 16.5. The lowest BCUT2D eigenvalue weighted by Gasteiger charge is -2.21. The molecule has 0 aliphatic carbocycles. The Bertz CT molecular complexity index is 1130. The van der Waals surface area contributed by atoms with Crippen LogP contribution in [0.1, 0.15) is 27.6 Å². The van der Waals surface area contributed by atoms with E-state index in [2.05, 4.69) is 10.1 Å². The molecule has 0 fully saturated rings. The van der Waals surface area contributed by atoms with Crippen molar-refractivity contribution in [2.24, 2.45) is 0 Å². The summed E-state index contributed by atoms with van der Waals surface area (Å²) in [6.45, 7) is 2.76. The maximum atomic E-state index is 13.1. The summed E-state index contributed by atoms with van der Waals surface area (Å²) in [7, 11) is 1.61. The number of rotatable bonds is 8. The van der Waals surface area contributed by atoms with Crippen LogP contribution in [0.3, 0.4) is 0 Å². The normalized spacial score (nSPS) is 10.8. The number of carbonyl (C=O) groups excluding carboxylic acids is 1. The molecule has 2 heterocycles. The Morgan fingerprint density at radius 1 is 1.10 bits per heavy atom. The van der Waals surface area contributed by atoms with Crippen LogP contribution in [-0.2, 0) is 13.0 Å². The molecule has 2 aromatic heterocycles. The summed E-state index contributed by atoms with van der Waals surface area (Å²) in [6.07, 6.45) is 2.03. The predicted octanol–water partition coefficient (Wildman–Crippen LogP) is 4.53. The molecule has 7 heteroatoms. The number of furan rings is 1. The third-order valence-corrected chi connectivity index (χ3v) is 4.90. The number of nitrogens with zero attached hydrogens (tertiary/aromatic N) is 3. The molecule has 7 nitrogen and oxygen atoms in total. The van der Waals surface area contributed by atoms with Gasteiger partial charge in [0.15, 0.2) is 0 Å². The van der Waals surface area contributed by atoms with Crippen LogP contribution in [-0.4, -0.2) is 34.6 Å². The molecule has 31 heavy (non-hydrogen) atoms. The van der Waals surface area contributed by atoms with Crippen LogP contribution >= 0.6 is 0 Å². The molecule has 158 valence electrons. The van der Waals surface area contributed by atoms with Crippen LogP contribution in [0.5, 0.6) is 5.75 Å². The van der Waals surface area contributed by atoms with Gasteiger partial charge in [0.1, 0.15) is 11.5 Å². The molecule has 0 radical (unpaired) electrons. The van der Waals surface area contributed by atoms with E-state index in [9.17, 15) is 4.79 Å². The second-order valence-corrected chi connectivity index (χ2v) is 7.17. The Kier molecular flexibility index (Phi) is 6.12. The van der Waals surface area contributed by atoms with Gasteiger partial charge >= 0.3 is 0 Å². The molecule has 0 aliphatic heterocycles. The number of ether oxygens (including phenoxy) is 1. The molecular weight excluding hydrogens is 394 g/mol. The van der Waals surface area contributed by atoms with Crippen LogP contribution in [0.15, 0.2) is 75.9 Å². The lowest BCUT2D eigenvalue weighted by molar-refractivity contribution is 0.0730. The minimum Gasteiger partial charge on any atom is -0.497 e. The summed E-state index contributed by atoms with van der Waals surface area (Å²) in [6, 6.07) is 18.6. The highest BCUT2D eigenvalue weighted by molar-refractivity contribution is 5.94. The second-order valence-electron chi connectivity index (χ2n) is 7.17. The third kappa shape index (κ3) is 5.01. The summed E-state index contributed by atoms with van der Waals surface area (Å²) >= 11 is 0. The van der Waals surface area contributed by atoms with E-state index in [0.29, 0.717) is 42.5 Å². The maximum Gasteiger partial charge on any atom is 0.254 e. The summed E-state index contributed by atoms with van der Waals surface area (Å²) in [5, 5.41) is 4.06. The van der Waals surface area contributed by atoms with Crippen molar-refractivity contribution < 1.29 is 18.5 Å². The number of aryl methyl sites for hydroxylation is 1. The highest BCUT2D eigenvalue weighted by Gasteiger charge is 2.19. The van der Waals surface area contributed by atoms with E-state index < -0.39 is 0 Å². The van der Waals surface area contributed by atoms with Crippen molar-refractivity contribution in [3.63, 3.8) is 0 Å². The molecule has 0 saturated carbocycles. The molecule has 2 aromatic carbocycles. The number of benzene rings is 2. The average molecular weight is 417 g/mol. The largest absolute Gasteiger partial charge is 0.497 e. The Labute approximate surface area is 180 Å². The quantitative estimate of drug-likeness (QED) is 0.419.